The number of nitrogens with zero attached hydrogens (tertiary/aromatic N) is 1. The average molecular weight is 323 g/mol. The number of aliphatic hydroxyl groups excluding tert-OH is 1. The summed E-state index contributed by atoms with van der Waals surface area (Å²) in [6.45, 7) is 6.22. The largest absolute Gasteiger partial charge is 0.392 e. The van der Waals surface area contributed by atoms with Crippen LogP contribution in [0.15, 0.2) is 11.4 Å². The quantitative estimate of drug-likeness (QED) is 0.927. The highest BCUT2D eigenvalue weighted by molar-refractivity contribution is 7.12. The fraction of sp³-hybridized carbons (Fsp3) is 0.706. The van der Waals surface area contributed by atoms with Crippen LogP contribution in [-0.2, 0) is 11.2 Å². The molecule has 122 valence electrons. The Balaban J connectivity index is 1.65. The highest BCUT2D eigenvalue weighted by atomic mass is 32.1. The predicted octanol–water partition coefficient (Wildman–Crippen LogP) is 2.70. The van der Waals surface area contributed by atoms with Gasteiger partial charge in [-0.1, -0.05) is 6.92 Å². The number of carbonyl (C=O) groups excluding carboxylic acids is 1. The number of rotatable bonds is 4. The Hall–Kier alpha value is -0.910. The molecule has 5 heteroatoms. The number of piperidine rings is 1. The summed E-state index contributed by atoms with van der Waals surface area (Å²) >= 11 is 1.54. The molecular formula is C17H25NO3S. The van der Waals surface area contributed by atoms with Gasteiger partial charge in [-0.25, -0.2) is 0 Å². The topological polar surface area (TPSA) is 49.8 Å². The molecule has 4 nitrogen and oxygen atoms in total. The van der Waals surface area contributed by atoms with Gasteiger partial charge in [0.2, 0.25) is 0 Å². The average Bonchev–Trinajstić information content (AvgIpc) is 3.03. The van der Waals surface area contributed by atoms with E-state index in [9.17, 15) is 9.90 Å². The van der Waals surface area contributed by atoms with Crippen molar-refractivity contribution in [3.63, 3.8) is 0 Å². The molecule has 2 heterocycles. The lowest BCUT2D eigenvalue weighted by atomic mass is 9.58. The van der Waals surface area contributed by atoms with Gasteiger partial charge in [-0.2, -0.15) is 0 Å². The number of thiophene rings is 1. The van der Waals surface area contributed by atoms with E-state index in [-0.39, 0.29) is 23.5 Å². The summed E-state index contributed by atoms with van der Waals surface area (Å²) in [6, 6.07) is 2.05. The van der Waals surface area contributed by atoms with Crippen LogP contribution in [0.4, 0.5) is 0 Å². The first-order chi connectivity index (χ1) is 10.6. The molecule has 1 saturated heterocycles. The summed E-state index contributed by atoms with van der Waals surface area (Å²) in [4.78, 5) is 15.5. The van der Waals surface area contributed by atoms with Crippen molar-refractivity contribution in [1.82, 2.24) is 4.90 Å². The van der Waals surface area contributed by atoms with Gasteiger partial charge in [-0.05, 0) is 43.2 Å². The van der Waals surface area contributed by atoms with Crippen molar-refractivity contribution in [1.29, 1.82) is 0 Å². The molecule has 1 aromatic heterocycles. The molecule has 1 amide bonds. The lowest BCUT2D eigenvalue weighted by Gasteiger charge is -2.56. The van der Waals surface area contributed by atoms with Crippen molar-refractivity contribution in [2.24, 2.45) is 5.41 Å². The van der Waals surface area contributed by atoms with Gasteiger partial charge >= 0.3 is 0 Å². The number of ether oxygens (including phenoxy) is 1. The zero-order valence-electron chi connectivity index (χ0n) is 13.4. The fourth-order valence-electron chi connectivity index (χ4n) is 3.89. The molecule has 3 rings (SSSR count). The minimum Gasteiger partial charge on any atom is -0.392 e. The summed E-state index contributed by atoms with van der Waals surface area (Å²) < 4.78 is 5.78. The highest BCUT2D eigenvalue weighted by Crippen LogP contribution is 2.51. The van der Waals surface area contributed by atoms with Crippen LogP contribution in [0.3, 0.4) is 0 Å². The predicted molar refractivity (Wildman–Crippen MR) is 87.3 cm³/mol. The van der Waals surface area contributed by atoms with Crippen LogP contribution in [0.5, 0.6) is 0 Å². The van der Waals surface area contributed by atoms with E-state index in [1.165, 1.54) is 11.3 Å². The van der Waals surface area contributed by atoms with Gasteiger partial charge in [-0.15, -0.1) is 11.3 Å². The summed E-state index contributed by atoms with van der Waals surface area (Å²) in [5, 5.41) is 12.2. The summed E-state index contributed by atoms with van der Waals surface area (Å²) in [5.74, 6) is 0.156. The molecule has 0 aromatic carbocycles. The zero-order valence-corrected chi connectivity index (χ0v) is 14.2. The Morgan fingerprint density at radius 1 is 1.45 bits per heavy atom. The van der Waals surface area contributed by atoms with Crippen molar-refractivity contribution < 1.29 is 14.6 Å². The van der Waals surface area contributed by atoms with Crippen molar-refractivity contribution >= 4 is 17.2 Å². The fourth-order valence-corrected chi connectivity index (χ4v) is 4.85. The Labute approximate surface area is 136 Å². The van der Waals surface area contributed by atoms with E-state index in [1.807, 2.05) is 23.3 Å². The van der Waals surface area contributed by atoms with Gasteiger partial charge in [0.1, 0.15) is 0 Å². The van der Waals surface area contributed by atoms with Crippen molar-refractivity contribution in [3.05, 3.63) is 21.9 Å². The third kappa shape index (κ3) is 2.49. The van der Waals surface area contributed by atoms with Crippen LogP contribution in [0.25, 0.3) is 0 Å². The molecule has 1 aromatic rings. The number of amides is 1. The van der Waals surface area contributed by atoms with E-state index < -0.39 is 0 Å². The second kappa shape index (κ2) is 6.30. The SMILES string of the molecule is CCO[C@H]1C[C@H](O)C12CCN(C(=O)c1sccc1CC)CC2. The molecular weight excluding hydrogens is 298 g/mol. The van der Waals surface area contributed by atoms with E-state index in [2.05, 4.69) is 6.92 Å². The van der Waals surface area contributed by atoms with E-state index in [4.69, 9.17) is 4.74 Å². The van der Waals surface area contributed by atoms with Crippen molar-refractivity contribution in [2.75, 3.05) is 19.7 Å². The zero-order chi connectivity index (χ0) is 15.7. The molecule has 1 aliphatic heterocycles. The number of hydrogen-bond donors (Lipinski definition) is 1. The summed E-state index contributed by atoms with van der Waals surface area (Å²) in [5.41, 5.74) is 1.03. The lowest BCUT2D eigenvalue weighted by molar-refractivity contribution is -0.207. The lowest BCUT2D eigenvalue weighted by Crippen LogP contribution is -2.62. The minimum atomic E-state index is -0.269. The third-order valence-electron chi connectivity index (χ3n) is 5.41. The van der Waals surface area contributed by atoms with Crippen LogP contribution in [0.2, 0.25) is 0 Å². The van der Waals surface area contributed by atoms with Gasteiger partial charge < -0.3 is 14.7 Å². The van der Waals surface area contributed by atoms with Crippen LogP contribution in [0, 0.1) is 5.41 Å². The molecule has 2 fully saturated rings. The van der Waals surface area contributed by atoms with Gasteiger partial charge in [0, 0.05) is 31.5 Å². The van der Waals surface area contributed by atoms with Crippen molar-refractivity contribution in [2.45, 2.75) is 51.7 Å². The van der Waals surface area contributed by atoms with Gasteiger partial charge in [0.25, 0.3) is 5.91 Å². The Morgan fingerprint density at radius 3 is 2.77 bits per heavy atom. The second-order valence-corrected chi connectivity index (χ2v) is 7.27. The third-order valence-corrected chi connectivity index (χ3v) is 6.36. The van der Waals surface area contributed by atoms with Crippen molar-refractivity contribution in [3.8, 4) is 0 Å². The maximum atomic E-state index is 12.7. The van der Waals surface area contributed by atoms with E-state index in [1.54, 1.807) is 0 Å². The van der Waals surface area contributed by atoms with Crippen LogP contribution < -0.4 is 0 Å². The van der Waals surface area contributed by atoms with Gasteiger partial charge in [-0.3, -0.25) is 4.79 Å². The maximum absolute atomic E-state index is 12.7. The molecule has 22 heavy (non-hydrogen) atoms. The molecule has 2 atom stereocenters. The monoisotopic (exact) mass is 323 g/mol. The first kappa shape index (κ1) is 16.0. The number of aliphatic hydroxyl groups is 1. The first-order valence-electron chi connectivity index (χ1n) is 8.27. The molecule has 1 saturated carbocycles. The van der Waals surface area contributed by atoms with Gasteiger partial charge in [0.15, 0.2) is 0 Å². The Kier molecular flexibility index (Phi) is 4.57. The molecule has 0 unspecified atom stereocenters. The van der Waals surface area contributed by atoms with Crippen LogP contribution >= 0.6 is 11.3 Å². The second-order valence-electron chi connectivity index (χ2n) is 6.35. The normalized spacial score (nSPS) is 27.0. The summed E-state index contributed by atoms with van der Waals surface area (Å²) in [7, 11) is 0. The summed E-state index contributed by atoms with van der Waals surface area (Å²) in [6.07, 6.45) is 3.22. The first-order valence-corrected chi connectivity index (χ1v) is 9.15. The number of carbonyl (C=O) groups is 1. The van der Waals surface area contributed by atoms with Gasteiger partial charge in [0.05, 0.1) is 17.1 Å². The number of likely N-dealkylation sites (tertiary alicyclic amines) is 1. The molecule has 0 radical (unpaired) electrons. The van der Waals surface area contributed by atoms with Crippen LogP contribution in [0.1, 0.15) is 48.3 Å². The Morgan fingerprint density at radius 2 is 2.18 bits per heavy atom. The standard InChI is InChI=1S/C17H25NO3S/c1-3-12-5-10-22-15(12)16(20)18-8-6-17(7-9-18)13(19)11-14(17)21-4-2/h5,10,13-14,19H,3-4,6-9,11H2,1-2H3/t13-,14-/m0/s1. The minimum absolute atomic E-state index is 0.115. The Bertz CT molecular complexity index is 532. The smallest absolute Gasteiger partial charge is 0.264 e. The van der Waals surface area contributed by atoms with Crippen LogP contribution in [-0.4, -0.2) is 47.8 Å². The maximum Gasteiger partial charge on any atom is 0.264 e. The van der Waals surface area contributed by atoms with E-state index in [0.29, 0.717) is 6.61 Å². The van der Waals surface area contributed by atoms with E-state index >= 15 is 0 Å². The number of hydrogen-bond acceptors (Lipinski definition) is 4. The molecule has 1 spiro atoms. The molecule has 1 aliphatic carbocycles. The van der Waals surface area contributed by atoms with E-state index in [0.717, 1.165) is 49.2 Å². The highest BCUT2D eigenvalue weighted by Gasteiger charge is 2.56. The molecule has 0 bridgehead atoms. The number of aryl methyl sites for hydroxylation is 1. The molecule has 1 N–H and O–H groups in total. The molecule has 2 aliphatic rings.